The fourth-order valence-corrected chi connectivity index (χ4v) is 2.77. The Morgan fingerprint density at radius 2 is 2.41 bits per heavy atom. The minimum atomic E-state index is 0.0843. The Labute approximate surface area is 103 Å². The van der Waals surface area contributed by atoms with Gasteiger partial charge in [-0.15, -0.1) is 0 Å². The molecule has 2 heterocycles. The van der Waals surface area contributed by atoms with Crippen molar-refractivity contribution >= 4 is 0 Å². The standard InChI is InChI=1S/C13H23N3O/c1-11-7-13(9-14,10-15(11)2)16(3)8-12-5-4-6-17-12/h4-6,11H,7-10,14H2,1-3H3. The van der Waals surface area contributed by atoms with E-state index in [4.69, 9.17) is 10.2 Å². The molecule has 0 spiro atoms. The number of likely N-dealkylation sites (tertiary alicyclic amines) is 1. The van der Waals surface area contributed by atoms with Gasteiger partial charge in [-0.3, -0.25) is 4.90 Å². The Kier molecular flexibility index (Phi) is 3.56. The van der Waals surface area contributed by atoms with Crippen molar-refractivity contribution in [1.29, 1.82) is 0 Å². The largest absolute Gasteiger partial charge is 0.468 e. The molecule has 17 heavy (non-hydrogen) atoms. The summed E-state index contributed by atoms with van der Waals surface area (Å²) in [6.07, 6.45) is 2.85. The van der Waals surface area contributed by atoms with Crippen molar-refractivity contribution in [3.8, 4) is 0 Å². The monoisotopic (exact) mass is 237 g/mol. The highest BCUT2D eigenvalue weighted by atomic mass is 16.3. The van der Waals surface area contributed by atoms with Crippen molar-refractivity contribution in [3.05, 3.63) is 24.2 Å². The lowest BCUT2D eigenvalue weighted by Gasteiger charge is -2.37. The van der Waals surface area contributed by atoms with Crippen LogP contribution in [0.25, 0.3) is 0 Å². The maximum Gasteiger partial charge on any atom is 0.117 e. The smallest absolute Gasteiger partial charge is 0.117 e. The normalized spacial score (nSPS) is 30.3. The lowest BCUT2D eigenvalue weighted by molar-refractivity contribution is 0.117. The van der Waals surface area contributed by atoms with E-state index < -0.39 is 0 Å². The summed E-state index contributed by atoms with van der Waals surface area (Å²) in [6.45, 7) is 4.81. The molecule has 1 aromatic heterocycles. The molecule has 1 saturated heterocycles. The van der Waals surface area contributed by atoms with Crippen molar-refractivity contribution < 1.29 is 4.42 Å². The first-order valence-corrected chi connectivity index (χ1v) is 6.21. The molecule has 2 unspecified atom stereocenters. The summed E-state index contributed by atoms with van der Waals surface area (Å²) in [5, 5.41) is 0. The van der Waals surface area contributed by atoms with Gasteiger partial charge in [-0.05, 0) is 39.6 Å². The van der Waals surface area contributed by atoms with E-state index in [9.17, 15) is 0 Å². The molecule has 4 heteroatoms. The summed E-state index contributed by atoms with van der Waals surface area (Å²) >= 11 is 0. The van der Waals surface area contributed by atoms with Gasteiger partial charge in [0.1, 0.15) is 5.76 Å². The first-order chi connectivity index (χ1) is 8.07. The fraction of sp³-hybridized carbons (Fsp3) is 0.692. The number of rotatable bonds is 4. The van der Waals surface area contributed by atoms with Gasteiger partial charge in [-0.2, -0.15) is 0 Å². The van der Waals surface area contributed by atoms with Crippen LogP contribution in [-0.4, -0.2) is 48.6 Å². The van der Waals surface area contributed by atoms with Crippen molar-refractivity contribution in [1.82, 2.24) is 9.80 Å². The van der Waals surface area contributed by atoms with Crippen molar-refractivity contribution in [2.75, 3.05) is 27.2 Å². The van der Waals surface area contributed by atoms with Crippen LogP contribution < -0.4 is 5.73 Å². The second-order valence-corrected chi connectivity index (χ2v) is 5.33. The average molecular weight is 237 g/mol. The predicted octanol–water partition coefficient (Wildman–Crippen LogP) is 1.13. The Hall–Kier alpha value is -0.840. The summed E-state index contributed by atoms with van der Waals surface area (Å²) in [5.41, 5.74) is 6.11. The zero-order chi connectivity index (χ0) is 12.5. The van der Waals surface area contributed by atoms with Crippen LogP contribution >= 0.6 is 0 Å². The zero-order valence-corrected chi connectivity index (χ0v) is 11.0. The highest BCUT2D eigenvalue weighted by Gasteiger charge is 2.42. The lowest BCUT2D eigenvalue weighted by atomic mass is 9.94. The fourth-order valence-electron chi connectivity index (χ4n) is 2.77. The van der Waals surface area contributed by atoms with Gasteiger partial charge in [0.15, 0.2) is 0 Å². The Morgan fingerprint density at radius 3 is 2.88 bits per heavy atom. The van der Waals surface area contributed by atoms with Crippen LogP contribution in [-0.2, 0) is 6.54 Å². The molecule has 0 bridgehead atoms. The third kappa shape index (κ3) is 2.39. The van der Waals surface area contributed by atoms with E-state index in [1.807, 2.05) is 12.1 Å². The van der Waals surface area contributed by atoms with Gasteiger partial charge in [0, 0.05) is 24.7 Å². The molecule has 0 amide bonds. The minimum absolute atomic E-state index is 0.0843. The lowest BCUT2D eigenvalue weighted by Crippen LogP contribution is -2.53. The number of likely N-dealkylation sites (N-methyl/N-ethyl adjacent to an activating group) is 2. The average Bonchev–Trinajstić information content (AvgIpc) is 2.89. The highest BCUT2D eigenvalue weighted by molar-refractivity contribution is 5.05. The van der Waals surface area contributed by atoms with Gasteiger partial charge >= 0.3 is 0 Å². The van der Waals surface area contributed by atoms with E-state index in [1.54, 1.807) is 6.26 Å². The topological polar surface area (TPSA) is 45.6 Å². The minimum Gasteiger partial charge on any atom is -0.468 e. The Balaban J connectivity index is 2.08. The van der Waals surface area contributed by atoms with Crippen LogP contribution in [0.5, 0.6) is 0 Å². The van der Waals surface area contributed by atoms with E-state index in [-0.39, 0.29) is 5.54 Å². The molecular formula is C13H23N3O. The van der Waals surface area contributed by atoms with E-state index in [1.165, 1.54) is 0 Å². The first-order valence-electron chi connectivity index (χ1n) is 6.21. The van der Waals surface area contributed by atoms with Gasteiger partial charge in [0.25, 0.3) is 0 Å². The molecule has 96 valence electrons. The molecule has 0 aromatic carbocycles. The van der Waals surface area contributed by atoms with Crippen LogP contribution in [0.2, 0.25) is 0 Å². The van der Waals surface area contributed by atoms with Gasteiger partial charge in [0.05, 0.1) is 12.8 Å². The molecule has 1 aliphatic rings. The molecule has 1 aromatic rings. The van der Waals surface area contributed by atoms with Crippen LogP contribution in [0.4, 0.5) is 0 Å². The van der Waals surface area contributed by atoms with E-state index in [0.29, 0.717) is 12.6 Å². The molecule has 1 fully saturated rings. The highest BCUT2D eigenvalue weighted by Crippen LogP contribution is 2.30. The van der Waals surface area contributed by atoms with E-state index >= 15 is 0 Å². The Morgan fingerprint density at radius 1 is 1.65 bits per heavy atom. The number of hydrogen-bond donors (Lipinski definition) is 1. The third-order valence-electron chi connectivity index (χ3n) is 4.13. The number of nitrogens with zero attached hydrogens (tertiary/aromatic N) is 2. The van der Waals surface area contributed by atoms with Crippen molar-refractivity contribution in [2.24, 2.45) is 5.73 Å². The molecule has 1 aliphatic heterocycles. The number of nitrogens with two attached hydrogens (primary N) is 1. The quantitative estimate of drug-likeness (QED) is 0.853. The molecule has 2 N–H and O–H groups in total. The van der Waals surface area contributed by atoms with Crippen LogP contribution in [0.15, 0.2) is 22.8 Å². The SMILES string of the molecule is CC1CC(CN)(N(C)Cc2ccco2)CN1C. The second-order valence-electron chi connectivity index (χ2n) is 5.33. The zero-order valence-electron chi connectivity index (χ0n) is 11.0. The van der Waals surface area contributed by atoms with Crippen LogP contribution in [0, 0.1) is 0 Å². The van der Waals surface area contributed by atoms with Crippen LogP contribution in [0.1, 0.15) is 19.1 Å². The number of furan rings is 1. The molecule has 2 rings (SSSR count). The van der Waals surface area contributed by atoms with Crippen molar-refractivity contribution in [3.63, 3.8) is 0 Å². The summed E-state index contributed by atoms with van der Waals surface area (Å²) in [4.78, 5) is 4.72. The van der Waals surface area contributed by atoms with Gasteiger partial charge < -0.3 is 15.1 Å². The van der Waals surface area contributed by atoms with Crippen molar-refractivity contribution in [2.45, 2.75) is 31.5 Å². The summed E-state index contributed by atoms with van der Waals surface area (Å²) < 4.78 is 5.41. The van der Waals surface area contributed by atoms with Gasteiger partial charge in [-0.25, -0.2) is 0 Å². The predicted molar refractivity (Wildman–Crippen MR) is 68.7 cm³/mol. The van der Waals surface area contributed by atoms with E-state index in [0.717, 1.165) is 25.3 Å². The first kappa shape index (κ1) is 12.6. The maximum atomic E-state index is 6.02. The summed E-state index contributed by atoms with van der Waals surface area (Å²) in [5.74, 6) is 1.00. The molecule has 0 saturated carbocycles. The second kappa shape index (κ2) is 4.80. The summed E-state index contributed by atoms with van der Waals surface area (Å²) in [6, 6.07) is 4.54. The molecule has 2 atom stereocenters. The molecule has 0 radical (unpaired) electrons. The molecule has 4 nitrogen and oxygen atoms in total. The Bertz CT molecular complexity index is 340. The van der Waals surface area contributed by atoms with Crippen LogP contribution in [0.3, 0.4) is 0 Å². The molecular weight excluding hydrogens is 214 g/mol. The van der Waals surface area contributed by atoms with E-state index in [2.05, 4.69) is 30.8 Å². The number of hydrogen-bond acceptors (Lipinski definition) is 4. The summed E-state index contributed by atoms with van der Waals surface area (Å²) in [7, 11) is 4.31. The maximum absolute atomic E-state index is 6.02. The van der Waals surface area contributed by atoms with Gasteiger partial charge in [0.2, 0.25) is 0 Å². The van der Waals surface area contributed by atoms with Gasteiger partial charge in [-0.1, -0.05) is 0 Å². The molecule has 0 aliphatic carbocycles. The third-order valence-corrected chi connectivity index (χ3v) is 4.13.